The Morgan fingerprint density at radius 2 is 2.33 bits per heavy atom. The molecule has 0 saturated carbocycles. The van der Waals surface area contributed by atoms with Crippen LogP contribution in [0.3, 0.4) is 0 Å². The Bertz CT molecular complexity index is 453. The Morgan fingerprint density at radius 1 is 1.56 bits per heavy atom. The summed E-state index contributed by atoms with van der Waals surface area (Å²) in [5.41, 5.74) is 0.551. The molecule has 18 heavy (non-hydrogen) atoms. The van der Waals surface area contributed by atoms with Gasteiger partial charge in [-0.05, 0) is 67.1 Å². The molecule has 2 N–H and O–H groups in total. The van der Waals surface area contributed by atoms with E-state index in [0.717, 1.165) is 23.0 Å². The molecular weight excluding hydrogens is 363 g/mol. The molecule has 0 aromatic heterocycles. The number of hydrogen-bond donors (Lipinski definition) is 2. The zero-order chi connectivity index (χ0) is 13.1. The van der Waals surface area contributed by atoms with E-state index < -0.39 is 0 Å². The van der Waals surface area contributed by atoms with E-state index in [0.29, 0.717) is 16.6 Å². The van der Waals surface area contributed by atoms with Gasteiger partial charge < -0.3 is 10.6 Å². The maximum atomic E-state index is 12.2. The summed E-state index contributed by atoms with van der Waals surface area (Å²) in [5, 5.41) is 6.93. The molecule has 3 nitrogen and oxygen atoms in total. The molecule has 2 unspecified atom stereocenters. The molecule has 2 atom stereocenters. The molecule has 1 amide bonds. The molecule has 2 rings (SSSR count). The standard InChI is InChI=1S/C13H16ClIN2O/c1-8-12(3-2-6-16-8)17-13(18)10-5-4-9(15)7-11(10)14/h4-5,7-8,12,16H,2-3,6H2,1H3,(H,17,18). The quantitative estimate of drug-likeness (QED) is 0.777. The molecule has 98 valence electrons. The van der Waals surface area contributed by atoms with Crippen LogP contribution in [0.15, 0.2) is 18.2 Å². The number of halogens is 2. The first kappa shape index (κ1) is 14.1. The summed E-state index contributed by atoms with van der Waals surface area (Å²) in [6.07, 6.45) is 2.11. The highest BCUT2D eigenvalue weighted by Gasteiger charge is 2.23. The van der Waals surface area contributed by atoms with Gasteiger partial charge >= 0.3 is 0 Å². The first-order valence-corrected chi connectivity index (χ1v) is 7.53. The van der Waals surface area contributed by atoms with Crippen molar-refractivity contribution >= 4 is 40.1 Å². The SMILES string of the molecule is CC1NCCCC1NC(=O)c1ccc(I)cc1Cl. The first-order valence-electron chi connectivity index (χ1n) is 6.07. The van der Waals surface area contributed by atoms with Gasteiger partial charge in [-0.15, -0.1) is 0 Å². The lowest BCUT2D eigenvalue weighted by molar-refractivity contribution is 0.0920. The molecule has 1 aliphatic heterocycles. The molecule has 1 aliphatic rings. The van der Waals surface area contributed by atoms with Gasteiger partial charge in [0.1, 0.15) is 0 Å². The van der Waals surface area contributed by atoms with E-state index in [1.54, 1.807) is 12.1 Å². The van der Waals surface area contributed by atoms with Crippen molar-refractivity contribution in [2.24, 2.45) is 0 Å². The predicted molar refractivity (Wildman–Crippen MR) is 82.1 cm³/mol. The molecule has 1 fully saturated rings. The van der Waals surface area contributed by atoms with Gasteiger partial charge in [-0.25, -0.2) is 0 Å². The molecule has 1 saturated heterocycles. The average Bonchev–Trinajstić information content (AvgIpc) is 2.32. The van der Waals surface area contributed by atoms with Crippen molar-refractivity contribution in [1.29, 1.82) is 0 Å². The summed E-state index contributed by atoms with van der Waals surface area (Å²) in [4.78, 5) is 12.2. The molecule has 1 aromatic rings. The Morgan fingerprint density at radius 3 is 3.00 bits per heavy atom. The average molecular weight is 379 g/mol. The summed E-state index contributed by atoms with van der Waals surface area (Å²) in [6, 6.07) is 5.97. The van der Waals surface area contributed by atoms with Crippen LogP contribution in [0.2, 0.25) is 5.02 Å². The van der Waals surface area contributed by atoms with Crippen LogP contribution in [-0.4, -0.2) is 24.5 Å². The predicted octanol–water partition coefficient (Wildman–Crippen LogP) is 2.81. The molecule has 5 heteroatoms. The van der Waals surface area contributed by atoms with Gasteiger partial charge in [0.05, 0.1) is 10.6 Å². The zero-order valence-corrected chi connectivity index (χ0v) is 13.1. The fourth-order valence-electron chi connectivity index (χ4n) is 2.16. The molecule has 0 aliphatic carbocycles. The van der Waals surface area contributed by atoms with Crippen molar-refractivity contribution in [3.8, 4) is 0 Å². The van der Waals surface area contributed by atoms with Crippen LogP contribution in [0.25, 0.3) is 0 Å². The van der Waals surface area contributed by atoms with Crippen molar-refractivity contribution < 1.29 is 4.79 Å². The maximum absolute atomic E-state index is 12.2. The fraction of sp³-hybridized carbons (Fsp3) is 0.462. The van der Waals surface area contributed by atoms with Crippen LogP contribution < -0.4 is 10.6 Å². The van der Waals surface area contributed by atoms with Crippen LogP contribution in [0.4, 0.5) is 0 Å². The Labute approximate surface area is 126 Å². The third-order valence-corrected chi connectivity index (χ3v) is 4.24. The Hall–Kier alpha value is -0.330. The number of amides is 1. The summed E-state index contributed by atoms with van der Waals surface area (Å²) < 4.78 is 1.03. The summed E-state index contributed by atoms with van der Waals surface area (Å²) in [7, 11) is 0. The van der Waals surface area contributed by atoms with E-state index in [1.807, 2.05) is 6.07 Å². The highest BCUT2D eigenvalue weighted by atomic mass is 127. The number of rotatable bonds is 2. The molecule has 0 bridgehead atoms. The normalized spacial score (nSPS) is 23.7. The topological polar surface area (TPSA) is 41.1 Å². The van der Waals surface area contributed by atoms with Gasteiger partial charge in [0.15, 0.2) is 0 Å². The lowest BCUT2D eigenvalue weighted by atomic mass is 9.99. The molecule has 1 heterocycles. The number of carbonyl (C=O) groups excluding carboxylic acids is 1. The van der Waals surface area contributed by atoms with Gasteiger partial charge in [-0.3, -0.25) is 4.79 Å². The lowest BCUT2D eigenvalue weighted by Gasteiger charge is -2.30. The van der Waals surface area contributed by atoms with Gasteiger partial charge in [-0.2, -0.15) is 0 Å². The van der Waals surface area contributed by atoms with Crippen LogP contribution in [0, 0.1) is 3.57 Å². The van der Waals surface area contributed by atoms with E-state index >= 15 is 0 Å². The van der Waals surface area contributed by atoms with Crippen LogP contribution >= 0.6 is 34.2 Å². The molecule has 0 spiro atoms. The number of carbonyl (C=O) groups is 1. The summed E-state index contributed by atoms with van der Waals surface area (Å²) in [5.74, 6) is -0.0862. The number of hydrogen-bond acceptors (Lipinski definition) is 2. The number of benzene rings is 1. The van der Waals surface area contributed by atoms with E-state index in [1.165, 1.54) is 0 Å². The van der Waals surface area contributed by atoms with Crippen molar-refractivity contribution in [1.82, 2.24) is 10.6 Å². The van der Waals surface area contributed by atoms with Crippen LogP contribution in [0.5, 0.6) is 0 Å². The van der Waals surface area contributed by atoms with Crippen molar-refractivity contribution in [3.63, 3.8) is 0 Å². The van der Waals surface area contributed by atoms with Gasteiger partial charge in [0, 0.05) is 15.7 Å². The van der Waals surface area contributed by atoms with Crippen LogP contribution in [-0.2, 0) is 0 Å². The van der Waals surface area contributed by atoms with Gasteiger partial charge in [0.2, 0.25) is 0 Å². The van der Waals surface area contributed by atoms with Crippen LogP contribution in [0.1, 0.15) is 30.1 Å². The van der Waals surface area contributed by atoms with Crippen molar-refractivity contribution in [3.05, 3.63) is 32.4 Å². The Balaban J connectivity index is 2.07. The summed E-state index contributed by atoms with van der Waals surface area (Å²) in [6.45, 7) is 3.12. The van der Waals surface area contributed by atoms with Crippen molar-refractivity contribution in [2.45, 2.75) is 31.8 Å². The second kappa shape index (κ2) is 6.21. The second-order valence-corrected chi connectivity index (χ2v) is 6.24. The monoisotopic (exact) mass is 378 g/mol. The third-order valence-electron chi connectivity index (χ3n) is 3.25. The smallest absolute Gasteiger partial charge is 0.253 e. The number of piperidine rings is 1. The third kappa shape index (κ3) is 3.36. The zero-order valence-electron chi connectivity index (χ0n) is 10.2. The highest BCUT2D eigenvalue weighted by molar-refractivity contribution is 14.1. The fourth-order valence-corrected chi connectivity index (χ4v) is 3.10. The highest BCUT2D eigenvalue weighted by Crippen LogP contribution is 2.19. The minimum Gasteiger partial charge on any atom is -0.348 e. The second-order valence-electron chi connectivity index (χ2n) is 4.59. The largest absolute Gasteiger partial charge is 0.348 e. The molecule has 1 aromatic carbocycles. The maximum Gasteiger partial charge on any atom is 0.253 e. The minimum atomic E-state index is -0.0862. The lowest BCUT2D eigenvalue weighted by Crippen LogP contribution is -2.51. The summed E-state index contributed by atoms with van der Waals surface area (Å²) >= 11 is 8.28. The number of nitrogens with one attached hydrogen (secondary N) is 2. The Kier molecular flexibility index (Phi) is 4.86. The van der Waals surface area contributed by atoms with Gasteiger partial charge in [-0.1, -0.05) is 11.6 Å². The van der Waals surface area contributed by atoms with E-state index in [4.69, 9.17) is 11.6 Å². The molecular formula is C13H16ClIN2O. The van der Waals surface area contributed by atoms with Gasteiger partial charge in [0.25, 0.3) is 5.91 Å². The van der Waals surface area contributed by atoms with E-state index in [2.05, 4.69) is 40.1 Å². The minimum absolute atomic E-state index is 0.0862. The van der Waals surface area contributed by atoms with E-state index in [9.17, 15) is 4.79 Å². The van der Waals surface area contributed by atoms with Crippen molar-refractivity contribution in [2.75, 3.05) is 6.54 Å². The molecule has 0 radical (unpaired) electrons. The first-order chi connectivity index (χ1) is 8.58. The van der Waals surface area contributed by atoms with E-state index in [-0.39, 0.29) is 11.9 Å².